The molecule has 292 valence electrons. The number of carbonyl (C=O) groups excluding carboxylic acids is 2. The quantitative estimate of drug-likeness (QED) is 0.188. The molecule has 5 heterocycles. The predicted molar refractivity (Wildman–Crippen MR) is 206 cm³/mol. The average Bonchev–Trinajstić information content (AvgIpc) is 3.77. The number of benzene rings is 3. The molecule has 0 saturated carbocycles. The fourth-order valence-electron chi connectivity index (χ4n) is 9.04. The predicted octanol–water partition coefficient (Wildman–Crippen LogP) is 5.71. The minimum Gasteiger partial charge on any atom is -0.406 e. The summed E-state index contributed by atoms with van der Waals surface area (Å²) in [6.07, 6.45) is 1.49. The van der Waals surface area contributed by atoms with Gasteiger partial charge in [-0.1, -0.05) is 30.3 Å². The molecule has 4 aliphatic rings. The summed E-state index contributed by atoms with van der Waals surface area (Å²) in [4.78, 5) is 33.9. The summed E-state index contributed by atoms with van der Waals surface area (Å²) in [6, 6.07) is 19.1. The van der Waals surface area contributed by atoms with Crippen molar-refractivity contribution < 1.29 is 27.5 Å². The van der Waals surface area contributed by atoms with Gasteiger partial charge < -0.3 is 19.9 Å². The zero-order chi connectivity index (χ0) is 38.1. The zero-order valence-corrected chi connectivity index (χ0v) is 31.2. The molecule has 10 nitrogen and oxygen atoms in total. The molecule has 55 heavy (non-hydrogen) atoms. The van der Waals surface area contributed by atoms with Crippen LogP contribution in [0.2, 0.25) is 0 Å². The number of halogens is 3. The molecule has 4 aliphatic heterocycles. The number of nitrogens with one attached hydrogen (secondary N) is 1. The minimum absolute atomic E-state index is 0.170. The highest BCUT2D eigenvalue weighted by molar-refractivity contribution is 6.00. The van der Waals surface area contributed by atoms with Gasteiger partial charge in [0.05, 0.1) is 6.04 Å². The van der Waals surface area contributed by atoms with Gasteiger partial charge in [0.25, 0.3) is 0 Å². The maximum atomic E-state index is 12.8. The molecule has 0 bridgehead atoms. The summed E-state index contributed by atoms with van der Waals surface area (Å²) in [5.41, 5.74) is 13.8. The molecule has 1 aromatic heterocycles. The molecule has 0 aliphatic carbocycles. The second kappa shape index (κ2) is 16.0. The first kappa shape index (κ1) is 37.5. The van der Waals surface area contributed by atoms with E-state index in [0.717, 1.165) is 113 Å². The van der Waals surface area contributed by atoms with Gasteiger partial charge in [0.1, 0.15) is 5.75 Å². The number of rotatable bonds is 11. The maximum Gasteiger partial charge on any atom is 0.573 e. The second-order valence-electron chi connectivity index (χ2n) is 15.6. The number of amides is 2. The van der Waals surface area contributed by atoms with Gasteiger partial charge in [-0.2, -0.15) is 0 Å². The Morgan fingerprint density at radius 3 is 2.35 bits per heavy atom. The molecule has 3 saturated heterocycles. The SMILES string of the molecule is NCCCn1cc(-c2ccc(OC(F)(F)F)cc2)c2c(CN3CCC(CN4CCN(c5ccc6c(c5)CN(C5CCC(=O)NC5=O)C6)CC4)CC3)cccc21. The van der Waals surface area contributed by atoms with E-state index in [9.17, 15) is 22.8 Å². The van der Waals surface area contributed by atoms with Crippen LogP contribution in [-0.4, -0.2) is 95.8 Å². The highest BCUT2D eigenvalue weighted by Gasteiger charge is 2.35. The first-order chi connectivity index (χ1) is 26.6. The number of piperazine rings is 1. The van der Waals surface area contributed by atoms with Crippen LogP contribution >= 0.6 is 0 Å². The molecule has 0 radical (unpaired) electrons. The van der Waals surface area contributed by atoms with Gasteiger partial charge in [-0.05, 0) is 104 Å². The Balaban J connectivity index is 0.852. The number of nitrogens with zero attached hydrogens (tertiary/aromatic N) is 5. The van der Waals surface area contributed by atoms with Crippen molar-refractivity contribution in [3.63, 3.8) is 0 Å². The van der Waals surface area contributed by atoms with Crippen LogP contribution in [0.1, 0.15) is 48.8 Å². The molecule has 8 rings (SSSR count). The Bertz CT molecular complexity index is 2000. The van der Waals surface area contributed by atoms with Gasteiger partial charge in [-0.3, -0.25) is 29.6 Å². The summed E-state index contributed by atoms with van der Waals surface area (Å²) in [5.74, 6) is 0.0820. The van der Waals surface area contributed by atoms with E-state index in [0.29, 0.717) is 25.3 Å². The van der Waals surface area contributed by atoms with Gasteiger partial charge in [0.15, 0.2) is 0 Å². The standard InChI is InChI=1S/C42H50F3N7O3/c43-42(44,45)55-35-9-6-30(7-10-35)36-28-51(16-2-15-46)37-4-1-3-32(40(36)37)25-48-17-13-29(14-18-48)24-49-19-21-50(22-20-49)34-8-5-31-26-52(27-33(31)23-34)38-11-12-39(53)47-41(38)54/h1,3-10,23,28-29,38H,2,11-22,24-27,46H2,(H,47,53,54). The number of carbonyl (C=O) groups is 2. The lowest BCUT2D eigenvalue weighted by atomic mass is 9.94. The summed E-state index contributed by atoms with van der Waals surface area (Å²) in [6.45, 7) is 10.9. The lowest BCUT2D eigenvalue weighted by Crippen LogP contribution is -2.50. The van der Waals surface area contributed by atoms with Crippen LogP contribution in [0.25, 0.3) is 22.0 Å². The fourth-order valence-corrected chi connectivity index (χ4v) is 9.04. The van der Waals surface area contributed by atoms with E-state index in [1.165, 1.54) is 34.5 Å². The zero-order valence-electron chi connectivity index (χ0n) is 31.2. The molecule has 4 aromatic rings. The van der Waals surface area contributed by atoms with Crippen LogP contribution in [0.5, 0.6) is 5.75 Å². The summed E-state index contributed by atoms with van der Waals surface area (Å²) in [5, 5.41) is 3.64. The number of piperidine rings is 2. The van der Waals surface area contributed by atoms with Crippen LogP contribution in [0.3, 0.4) is 0 Å². The Morgan fingerprint density at radius 1 is 0.855 bits per heavy atom. The number of likely N-dealkylation sites (tertiary alicyclic amines) is 1. The molecule has 0 spiro atoms. The van der Waals surface area contributed by atoms with Crippen LogP contribution < -0.4 is 20.7 Å². The van der Waals surface area contributed by atoms with Crippen molar-refractivity contribution in [2.75, 3.05) is 57.3 Å². The van der Waals surface area contributed by atoms with Gasteiger partial charge in [0, 0.05) is 93.7 Å². The van der Waals surface area contributed by atoms with Crippen molar-refractivity contribution in [2.24, 2.45) is 11.7 Å². The Labute approximate surface area is 320 Å². The van der Waals surface area contributed by atoms with Crippen molar-refractivity contribution in [3.8, 4) is 16.9 Å². The number of anilines is 1. The molecule has 1 atom stereocenters. The Kier molecular flexibility index (Phi) is 10.9. The second-order valence-corrected chi connectivity index (χ2v) is 15.6. The highest BCUT2D eigenvalue weighted by atomic mass is 19.4. The number of nitrogens with two attached hydrogens (primary N) is 1. The van der Waals surface area contributed by atoms with Gasteiger partial charge in [-0.15, -0.1) is 13.2 Å². The van der Waals surface area contributed by atoms with E-state index in [-0.39, 0.29) is 23.6 Å². The third-order valence-corrected chi connectivity index (χ3v) is 11.9. The van der Waals surface area contributed by atoms with E-state index in [1.807, 2.05) is 0 Å². The number of aromatic nitrogens is 1. The monoisotopic (exact) mass is 757 g/mol. The van der Waals surface area contributed by atoms with Gasteiger partial charge in [0.2, 0.25) is 11.8 Å². The summed E-state index contributed by atoms with van der Waals surface area (Å²) >= 11 is 0. The highest BCUT2D eigenvalue weighted by Crippen LogP contribution is 2.36. The number of imide groups is 1. The number of hydrogen-bond acceptors (Lipinski definition) is 8. The lowest BCUT2D eigenvalue weighted by Gasteiger charge is -2.39. The van der Waals surface area contributed by atoms with E-state index >= 15 is 0 Å². The normalized spacial score (nSPS) is 20.7. The largest absolute Gasteiger partial charge is 0.573 e. The number of hydrogen-bond donors (Lipinski definition) is 2. The minimum atomic E-state index is -4.73. The van der Waals surface area contributed by atoms with Gasteiger partial charge >= 0.3 is 6.36 Å². The van der Waals surface area contributed by atoms with Crippen LogP contribution in [-0.2, 0) is 35.8 Å². The third-order valence-electron chi connectivity index (χ3n) is 11.9. The van der Waals surface area contributed by atoms with Crippen molar-refractivity contribution in [1.29, 1.82) is 0 Å². The van der Waals surface area contributed by atoms with Crippen LogP contribution in [0, 0.1) is 5.92 Å². The van der Waals surface area contributed by atoms with Crippen molar-refractivity contribution in [1.82, 2.24) is 24.6 Å². The van der Waals surface area contributed by atoms with Gasteiger partial charge in [-0.25, -0.2) is 0 Å². The fraction of sp³-hybridized carbons (Fsp3) is 0.476. The third kappa shape index (κ3) is 8.55. The molecule has 13 heteroatoms. The molecule has 1 unspecified atom stereocenters. The molecule has 3 N–H and O–H groups in total. The Hall–Kier alpha value is -4.43. The van der Waals surface area contributed by atoms with E-state index < -0.39 is 6.36 Å². The van der Waals surface area contributed by atoms with Crippen molar-refractivity contribution in [2.45, 2.75) is 70.7 Å². The first-order valence-corrected chi connectivity index (χ1v) is 19.7. The van der Waals surface area contributed by atoms with Crippen LogP contribution in [0.4, 0.5) is 18.9 Å². The topological polar surface area (TPSA) is 99.3 Å². The number of ether oxygens (including phenoxy) is 1. The van der Waals surface area contributed by atoms with Crippen LogP contribution in [0.15, 0.2) is 66.9 Å². The average molecular weight is 758 g/mol. The van der Waals surface area contributed by atoms with E-state index in [2.05, 4.69) is 76.8 Å². The maximum absolute atomic E-state index is 12.8. The molecule has 3 fully saturated rings. The molecule has 3 aromatic carbocycles. The number of fused-ring (bicyclic) bond motifs is 2. The van der Waals surface area contributed by atoms with Crippen molar-refractivity contribution in [3.05, 3.63) is 83.6 Å². The molecular formula is C42H50F3N7O3. The molecular weight excluding hydrogens is 708 g/mol. The smallest absolute Gasteiger partial charge is 0.406 e. The first-order valence-electron chi connectivity index (χ1n) is 19.7. The van der Waals surface area contributed by atoms with Crippen molar-refractivity contribution >= 4 is 28.4 Å². The Morgan fingerprint density at radius 2 is 1.62 bits per heavy atom. The molecule has 2 amide bonds. The number of alkyl halides is 3. The lowest BCUT2D eigenvalue weighted by molar-refractivity contribution is -0.274. The summed E-state index contributed by atoms with van der Waals surface area (Å²) < 4.78 is 44.8. The van der Waals surface area contributed by atoms with E-state index in [1.54, 1.807) is 12.1 Å². The number of aryl methyl sites for hydroxylation is 1. The van der Waals surface area contributed by atoms with E-state index in [4.69, 9.17) is 5.73 Å². The summed E-state index contributed by atoms with van der Waals surface area (Å²) in [7, 11) is 0.